The third-order valence-corrected chi connectivity index (χ3v) is 3.17. The van der Waals surface area contributed by atoms with Crippen molar-refractivity contribution in [2.45, 2.75) is 26.2 Å². The van der Waals surface area contributed by atoms with Crippen LogP contribution in [0, 0.1) is 0 Å². The summed E-state index contributed by atoms with van der Waals surface area (Å²) in [5, 5.41) is 12.8. The zero-order valence-corrected chi connectivity index (χ0v) is 11.0. The van der Waals surface area contributed by atoms with Crippen molar-refractivity contribution in [2.24, 2.45) is 0 Å². The number of ketones is 2. The van der Waals surface area contributed by atoms with Crippen LogP contribution in [-0.4, -0.2) is 22.6 Å². The minimum Gasteiger partial charge on any atom is -0.507 e. The Bertz CT molecular complexity index is 595. The Morgan fingerprint density at radius 1 is 1.42 bits per heavy atom. The molecule has 100 valence electrons. The fourth-order valence-corrected chi connectivity index (χ4v) is 2.38. The fourth-order valence-electron chi connectivity index (χ4n) is 2.08. The van der Waals surface area contributed by atoms with Crippen molar-refractivity contribution >= 4 is 34.8 Å². The number of phenolic OH excluding ortho intramolecular Hbond substituents is 1. The highest BCUT2D eigenvalue weighted by atomic mass is 35.5. The van der Waals surface area contributed by atoms with Crippen LogP contribution >= 0.6 is 11.6 Å². The molecule has 0 unspecified atom stereocenters. The van der Waals surface area contributed by atoms with Gasteiger partial charge < -0.3 is 10.4 Å². The average molecular weight is 282 g/mol. The van der Waals surface area contributed by atoms with Crippen LogP contribution < -0.4 is 5.32 Å². The van der Waals surface area contributed by atoms with E-state index in [9.17, 15) is 19.5 Å². The number of benzene rings is 1. The van der Waals surface area contributed by atoms with Gasteiger partial charge in [0.25, 0.3) is 0 Å². The first-order valence-electron chi connectivity index (χ1n) is 5.72. The molecular formula is C13H12ClNO4. The maximum Gasteiger partial charge on any atom is 0.231 e. The van der Waals surface area contributed by atoms with E-state index in [2.05, 4.69) is 5.32 Å². The number of halogens is 1. The van der Waals surface area contributed by atoms with E-state index in [0.29, 0.717) is 5.56 Å². The first kappa shape index (κ1) is 13.5. The molecule has 6 heteroatoms. The lowest BCUT2D eigenvalue weighted by Gasteiger charge is -2.14. The quantitative estimate of drug-likeness (QED) is 0.807. The van der Waals surface area contributed by atoms with Crippen LogP contribution in [0.2, 0.25) is 5.02 Å². The summed E-state index contributed by atoms with van der Waals surface area (Å²) in [7, 11) is 0. The molecule has 0 spiro atoms. The van der Waals surface area contributed by atoms with E-state index in [1.807, 2.05) is 0 Å². The van der Waals surface area contributed by atoms with Crippen LogP contribution in [0.4, 0.5) is 5.69 Å². The summed E-state index contributed by atoms with van der Waals surface area (Å²) >= 11 is 6.04. The summed E-state index contributed by atoms with van der Waals surface area (Å²) in [6.07, 6.45) is -0.293. The molecule has 0 saturated heterocycles. The minimum atomic E-state index is -0.454. The molecule has 0 bridgehead atoms. The van der Waals surface area contributed by atoms with Gasteiger partial charge in [-0.05, 0) is 13.0 Å². The Labute approximate surface area is 114 Å². The summed E-state index contributed by atoms with van der Waals surface area (Å²) in [4.78, 5) is 34.2. The van der Waals surface area contributed by atoms with Crippen molar-refractivity contribution < 1.29 is 19.5 Å². The highest BCUT2D eigenvalue weighted by Crippen LogP contribution is 2.38. The summed E-state index contributed by atoms with van der Waals surface area (Å²) < 4.78 is 0. The van der Waals surface area contributed by atoms with E-state index in [0.717, 1.165) is 0 Å². The van der Waals surface area contributed by atoms with Gasteiger partial charge in [-0.2, -0.15) is 0 Å². The summed E-state index contributed by atoms with van der Waals surface area (Å²) in [5.41, 5.74) is 0.891. The lowest BCUT2D eigenvalue weighted by Crippen LogP contribution is -2.13. The number of amides is 1. The molecule has 2 rings (SSSR count). The number of anilines is 1. The van der Waals surface area contributed by atoms with Crippen LogP contribution in [0.3, 0.4) is 0 Å². The summed E-state index contributed by atoms with van der Waals surface area (Å²) in [5.74, 6) is -1.03. The Balaban J connectivity index is 2.58. The number of nitrogens with one attached hydrogen (secondary N) is 1. The number of carbonyl (C=O) groups is 3. The van der Waals surface area contributed by atoms with E-state index >= 15 is 0 Å². The molecule has 1 aromatic carbocycles. The molecule has 0 fully saturated rings. The van der Waals surface area contributed by atoms with Gasteiger partial charge in [0.05, 0.1) is 17.1 Å². The molecule has 1 aliphatic rings. The van der Waals surface area contributed by atoms with Crippen LogP contribution in [0.1, 0.15) is 24.5 Å². The molecule has 0 aromatic heterocycles. The molecule has 1 aliphatic heterocycles. The van der Waals surface area contributed by atoms with Gasteiger partial charge >= 0.3 is 0 Å². The Morgan fingerprint density at radius 3 is 2.74 bits per heavy atom. The van der Waals surface area contributed by atoms with Gasteiger partial charge in [-0.1, -0.05) is 11.6 Å². The number of fused-ring (bicyclic) bond motifs is 1. The van der Waals surface area contributed by atoms with Gasteiger partial charge in [0, 0.05) is 24.0 Å². The molecule has 1 amide bonds. The van der Waals surface area contributed by atoms with Gasteiger partial charge in [-0.3, -0.25) is 14.4 Å². The topological polar surface area (TPSA) is 83.5 Å². The van der Waals surface area contributed by atoms with Crippen molar-refractivity contribution in [1.82, 2.24) is 0 Å². The number of Topliss-reactive ketones (excluding diaryl/α,β-unsaturated/α-hetero) is 2. The molecule has 0 atom stereocenters. The second-order valence-electron chi connectivity index (χ2n) is 4.54. The van der Waals surface area contributed by atoms with E-state index in [-0.39, 0.29) is 52.9 Å². The average Bonchev–Trinajstić information content (AvgIpc) is 2.43. The largest absolute Gasteiger partial charge is 0.507 e. The maximum absolute atomic E-state index is 11.6. The van der Waals surface area contributed by atoms with Gasteiger partial charge in [0.2, 0.25) is 5.91 Å². The van der Waals surface area contributed by atoms with Crippen LogP contribution in [0.5, 0.6) is 5.75 Å². The molecule has 19 heavy (non-hydrogen) atoms. The van der Waals surface area contributed by atoms with Gasteiger partial charge in [0.1, 0.15) is 17.3 Å². The predicted molar refractivity (Wildman–Crippen MR) is 69.5 cm³/mol. The number of hydrogen-bond acceptors (Lipinski definition) is 4. The molecule has 1 heterocycles. The van der Waals surface area contributed by atoms with Crippen LogP contribution in [0.15, 0.2) is 6.07 Å². The Kier molecular flexibility index (Phi) is 3.57. The monoisotopic (exact) mass is 281 g/mol. The van der Waals surface area contributed by atoms with Crippen molar-refractivity contribution in [3.05, 3.63) is 22.2 Å². The van der Waals surface area contributed by atoms with Gasteiger partial charge in [-0.25, -0.2) is 0 Å². The Morgan fingerprint density at radius 2 is 2.11 bits per heavy atom. The van der Waals surface area contributed by atoms with E-state index < -0.39 is 5.91 Å². The molecule has 5 nitrogen and oxygen atoms in total. The van der Waals surface area contributed by atoms with Gasteiger partial charge in [0.15, 0.2) is 0 Å². The number of carbonyl (C=O) groups excluding carboxylic acids is 3. The lowest BCUT2D eigenvalue weighted by molar-refractivity contribution is -0.124. The highest BCUT2D eigenvalue weighted by molar-refractivity contribution is 6.34. The second kappa shape index (κ2) is 5.01. The molecule has 1 aromatic rings. The second-order valence-corrected chi connectivity index (χ2v) is 4.95. The molecule has 0 saturated carbocycles. The SMILES string of the molecule is CC(=O)Cc1cc(Cl)c2c(c1O)CC(=O)CC(=O)N2. The normalized spacial score (nSPS) is 14.6. The smallest absolute Gasteiger partial charge is 0.231 e. The first-order chi connectivity index (χ1) is 8.88. The van der Waals surface area contributed by atoms with Crippen molar-refractivity contribution in [1.29, 1.82) is 0 Å². The molecule has 0 aliphatic carbocycles. The maximum atomic E-state index is 11.6. The summed E-state index contributed by atoms with van der Waals surface area (Å²) in [6, 6.07) is 1.44. The van der Waals surface area contributed by atoms with Crippen molar-refractivity contribution in [2.75, 3.05) is 5.32 Å². The van der Waals surface area contributed by atoms with Crippen LogP contribution in [0.25, 0.3) is 0 Å². The zero-order chi connectivity index (χ0) is 14.2. The van der Waals surface area contributed by atoms with E-state index in [1.54, 1.807) is 0 Å². The predicted octanol–water partition coefficient (Wildman–Crippen LogP) is 1.63. The zero-order valence-electron chi connectivity index (χ0n) is 10.2. The highest BCUT2D eigenvalue weighted by Gasteiger charge is 2.25. The molecule has 2 N–H and O–H groups in total. The minimum absolute atomic E-state index is 0.0287. The fraction of sp³-hybridized carbons (Fsp3) is 0.308. The molecular weight excluding hydrogens is 270 g/mol. The third-order valence-electron chi connectivity index (χ3n) is 2.87. The number of phenols is 1. The number of rotatable bonds is 2. The van der Waals surface area contributed by atoms with E-state index in [4.69, 9.17) is 11.6 Å². The Hall–Kier alpha value is -1.88. The summed E-state index contributed by atoms with van der Waals surface area (Å²) in [6.45, 7) is 1.39. The first-order valence-corrected chi connectivity index (χ1v) is 6.10. The van der Waals surface area contributed by atoms with Crippen molar-refractivity contribution in [3.8, 4) is 5.75 Å². The van der Waals surface area contributed by atoms with Gasteiger partial charge in [-0.15, -0.1) is 0 Å². The lowest BCUT2D eigenvalue weighted by atomic mass is 9.99. The third kappa shape index (κ3) is 2.76. The van der Waals surface area contributed by atoms with Crippen LogP contribution in [-0.2, 0) is 27.2 Å². The van der Waals surface area contributed by atoms with Crippen molar-refractivity contribution in [3.63, 3.8) is 0 Å². The number of aromatic hydroxyl groups is 1. The standard InChI is InChI=1S/C13H12ClNO4/c1-6(16)2-7-3-10(14)12-9(13(7)19)4-8(17)5-11(18)15-12/h3,19H,2,4-5H2,1H3,(H,15,18). The number of hydrogen-bond donors (Lipinski definition) is 2. The van der Waals surface area contributed by atoms with E-state index in [1.165, 1.54) is 13.0 Å². The molecule has 0 radical (unpaired) electrons.